The maximum absolute atomic E-state index is 12.6. The second-order valence-corrected chi connectivity index (χ2v) is 7.03. The highest BCUT2D eigenvalue weighted by atomic mass is 32.1. The second-order valence-electron chi connectivity index (χ2n) is 6.65. The molecule has 2 N–H and O–H groups in total. The minimum absolute atomic E-state index is 0.0792. The predicted molar refractivity (Wildman–Crippen MR) is 89.4 cm³/mol. The lowest BCUT2D eigenvalue weighted by molar-refractivity contribution is -0.123. The van der Waals surface area contributed by atoms with Crippen molar-refractivity contribution < 1.29 is 4.79 Å². The highest BCUT2D eigenvalue weighted by Gasteiger charge is 2.59. The molecule has 2 aliphatic rings. The topological polar surface area (TPSA) is 62.7 Å². The number of carbonyl (C=O) groups is 1. The van der Waals surface area contributed by atoms with Crippen LogP contribution in [0.2, 0.25) is 0 Å². The van der Waals surface area contributed by atoms with E-state index in [0.717, 1.165) is 25.1 Å². The van der Waals surface area contributed by atoms with Gasteiger partial charge < -0.3 is 9.88 Å². The van der Waals surface area contributed by atoms with Crippen LogP contribution in [0.15, 0.2) is 24.3 Å². The average molecular weight is 328 g/mol. The number of nitrogens with one attached hydrogen (secondary N) is 2. The van der Waals surface area contributed by atoms with Crippen molar-refractivity contribution in [2.24, 2.45) is 13.0 Å². The summed E-state index contributed by atoms with van der Waals surface area (Å²) in [4.78, 5) is 12.6. The highest BCUT2D eigenvalue weighted by molar-refractivity contribution is 7.71. The zero-order valence-corrected chi connectivity index (χ0v) is 13.9. The van der Waals surface area contributed by atoms with Crippen molar-refractivity contribution in [1.29, 1.82) is 0 Å². The van der Waals surface area contributed by atoms with Gasteiger partial charge in [0.2, 0.25) is 5.91 Å². The van der Waals surface area contributed by atoms with Crippen LogP contribution < -0.4 is 5.32 Å². The largest absolute Gasteiger partial charge is 0.349 e. The van der Waals surface area contributed by atoms with Crippen LogP contribution in [-0.4, -0.2) is 20.7 Å². The van der Waals surface area contributed by atoms with Crippen LogP contribution in [0.25, 0.3) is 0 Å². The fraction of sp³-hybridized carbons (Fsp3) is 0.471. The quantitative estimate of drug-likeness (QED) is 0.851. The molecule has 0 radical (unpaired) electrons. The Hall–Kier alpha value is -1.95. The van der Waals surface area contributed by atoms with E-state index in [1.807, 2.05) is 7.05 Å². The Kier molecular flexibility index (Phi) is 3.37. The molecule has 1 amide bonds. The molecule has 2 aromatic rings. The van der Waals surface area contributed by atoms with Gasteiger partial charge in [-0.15, -0.1) is 0 Å². The molecule has 23 heavy (non-hydrogen) atoms. The van der Waals surface area contributed by atoms with Crippen LogP contribution in [0, 0.1) is 10.7 Å². The molecule has 0 aliphatic heterocycles. The van der Waals surface area contributed by atoms with E-state index in [0.29, 0.717) is 11.3 Å². The number of amides is 1. The predicted octanol–water partition coefficient (Wildman–Crippen LogP) is 2.39. The van der Waals surface area contributed by atoms with Crippen molar-refractivity contribution >= 4 is 18.1 Å². The number of aromatic nitrogens is 3. The van der Waals surface area contributed by atoms with Crippen molar-refractivity contribution in [2.75, 3.05) is 0 Å². The Morgan fingerprint density at radius 3 is 3.13 bits per heavy atom. The Bertz CT molecular complexity index is 824. The highest BCUT2D eigenvalue weighted by Crippen LogP contribution is 2.60. The molecular weight excluding hydrogens is 308 g/mol. The zero-order valence-electron chi connectivity index (χ0n) is 13.1. The Morgan fingerprint density at radius 2 is 2.35 bits per heavy atom. The smallest absolute Gasteiger partial charge is 0.224 e. The lowest BCUT2D eigenvalue weighted by Gasteiger charge is -2.26. The molecular formula is C17H20N4OS. The number of nitrogens with zero attached hydrogens (tertiary/aromatic N) is 2. The van der Waals surface area contributed by atoms with Crippen LogP contribution in [0.4, 0.5) is 0 Å². The third-order valence-corrected chi connectivity index (χ3v) is 5.77. The molecule has 1 aromatic carbocycles. The zero-order chi connectivity index (χ0) is 16.0. The van der Waals surface area contributed by atoms with E-state index in [1.54, 1.807) is 4.57 Å². The fourth-order valence-corrected chi connectivity index (χ4v) is 4.15. The summed E-state index contributed by atoms with van der Waals surface area (Å²) < 4.78 is 2.35. The molecule has 2 unspecified atom stereocenters. The van der Waals surface area contributed by atoms with Gasteiger partial charge in [0, 0.05) is 18.4 Å². The van der Waals surface area contributed by atoms with Crippen LogP contribution in [-0.2, 0) is 30.2 Å². The number of H-pyrrole nitrogens is 1. The molecule has 1 fully saturated rings. The van der Waals surface area contributed by atoms with Gasteiger partial charge in [0.15, 0.2) is 10.6 Å². The monoisotopic (exact) mass is 328 g/mol. The third kappa shape index (κ3) is 2.32. The van der Waals surface area contributed by atoms with E-state index in [2.05, 4.69) is 39.8 Å². The Morgan fingerprint density at radius 1 is 1.52 bits per heavy atom. The summed E-state index contributed by atoms with van der Waals surface area (Å²) in [6.45, 7) is 0.413. The van der Waals surface area contributed by atoms with Gasteiger partial charge >= 0.3 is 0 Å². The number of aryl methyl sites for hydroxylation is 1. The van der Waals surface area contributed by atoms with Crippen molar-refractivity contribution in [1.82, 2.24) is 20.1 Å². The molecule has 2 aliphatic carbocycles. The number of aromatic amines is 1. The van der Waals surface area contributed by atoms with Crippen LogP contribution in [0.5, 0.6) is 0 Å². The molecule has 4 rings (SSSR count). The molecule has 2 atom stereocenters. The van der Waals surface area contributed by atoms with Gasteiger partial charge in [-0.1, -0.05) is 24.3 Å². The van der Waals surface area contributed by atoms with Crippen LogP contribution in [0.3, 0.4) is 0 Å². The van der Waals surface area contributed by atoms with E-state index in [9.17, 15) is 4.79 Å². The van der Waals surface area contributed by atoms with E-state index >= 15 is 0 Å². The summed E-state index contributed by atoms with van der Waals surface area (Å²) in [5.41, 5.74) is 2.89. The Labute approximate surface area is 140 Å². The van der Waals surface area contributed by atoms with Crippen molar-refractivity contribution in [3.8, 4) is 0 Å². The van der Waals surface area contributed by atoms with Crippen LogP contribution in [0.1, 0.15) is 36.2 Å². The van der Waals surface area contributed by atoms with Crippen LogP contribution >= 0.6 is 12.2 Å². The first kappa shape index (κ1) is 14.6. The van der Waals surface area contributed by atoms with Gasteiger partial charge in [0.1, 0.15) is 0 Å². The second kappa shape index (κ2) is 5.30. The summed E-state index contributed by atoms with van der Waals surface area (Å²) in [5, 5.41) is 9.91. The first-order chi connectivity index (χ1) is 11.1. The number of carbonyl (C=O) groups excluding carboxylic acids is 1. The third-order valence-electron chi connectivity index (χ3n) is 5.41. The number of fused-ring (bicyclic) bond motifs is 2. The molecule has 0 saturated heterocycles. The molecule has 1 aromatic heterocycles. The number of hydrogen-bond acceptors (Lipinski definition) is 3. The molecule has 6 heteroatoms. The summed E-state index contributed by atoms with van der Waals surface area (Å²) in [6.07, 6.45) is 4.40. The normalized spacial score (nSPS) is 25.2. The first-order valence-electron chi connectivity index (χ1n) is 8.08. The molecule has 1 heterocycles. The molecule has 120 valence electrons. The van der Waals surface area contributed by atoms with Crippen molar-refractivity contribution in [2.45, 2.75) is 37.6 Å². The lowest BCUT2D eigenvalue weighted by Crippen LogP contribution is -2.30. The Balaban J connectivity index is 1.48. The van der Waals surface area contributed by atoms with Gasteiger partial charge in [0.05, 0.1) is 6.54 Å². The van der Waals surface area contributed by atoms with Gasteiger partial charge in [-0.25, -0.2) is 0 Å². The summed E-state index contributed by atoms with van der Waals surface area (Å²) in [5.74, 6) is 0.980. The standard InChI is InChI=1S/C17H20N4OS/c1-21-14(19-20-16(21)23)10-18-15(22)13-9-17(13)8-4-6-11-5-2-3-7-12(11)17/h2-3,5,7,13H,4,6,8-10H2,1H3,(H,18,22)(H,20,23). The summed E-state index contributed by atoms with van der Waals surface area (Å²) >= 11 is 5.09. The minimum atomic E-state index is 0.0792. The summed E-state index contributed by atoms with van der Waals surface area (Å²) in [6, 6.07) is 8.60. The SMILES string of the molecule is Cn1c(CNC(=O)C2CC23CCCc2ccccc23)n[nH]c1=S. The number of hydrogen-bond donors (Lipinski definition) is 2. The number of rotatable bonds is 3. The average Bonchev–Trinajstić information content (AvgIpc) is 3.20. The number of benzene rings is 1. The van der Waals surface area contributed by atoms with Gasteiger partial charge in [-0.05, 0) is 49.0 Å². The summed E-state index contributed by atoms with van der Waals surface area (Å²) in [7, 11) is 1.85. The van der Waals surface area contributed by atoms with Gasteiger partial charge in [-0.3, -0.25) is 9.89 Å². The minimum Gasteiger partial charge on any atom is -0.349 e. The lowest BCUT2D eigenvalue weighted by atomic mass is 9.78. The maximum Gasteiger partial charge on any atom is 0.224 e. The molecule has 1 saturated carbocycles. The molecule has 0 bridgehead atoms. The molecule has 5 nitrogen and oxygen atoms in total. The van der Waals surface area contributed by atoms with Crippen molar-refractivity contribution in [3.63, 3.8) is 0 Å². The van der Waals surface area contributed by atoms with Crippen molar-refractivity contribution in [3.05, 3.63) is 46.0 Å². The van der Waals surface area contributed by atoms with Gasteiger partial charge in [0.25, 0.3) is 0 Å². The van der Waals surface area contributed by atoms with E-state index < -0.39 is 0 Å². The molecule has 1 spiro atoms. The first-order valence-corrected chi connectivity index (χ1v) is 8.49. The van der Waals surface area contributed by atoms with E-state index in [-0.39, 0.29) is 17.2 Å². The van der Waals surface area contributed by atoms with Gasteiger partial charge in [-0.2, -0.15) is 5.10 Å². The van der Waals surface area contributed by atoms with E-state index in [1.165, 1.54) is 17.5 Å². The van der Waals surface area contributed by atoms with E-state index in [4.69, 9.17) is 12.2 Å². The maximum atomic E-state index is 12.6. The fourth-order valence-electron chi connectivity index (χ4n) is 4.00.